The fourth-order valence-electron chi connectivity index (χ4n) is 2.86. The first-order valence-electron chi connectivity index (χ1n) is 9.27. The van der Waals surface area contributed by atoms with E-state index in [0.717, 1.165) is 11.1 Å². The maximum atomic E-state index is 11.8. The summed E-state index contributed by atoms with van der Waals surface area (Å²) < 4.78 is 4.95. The van der Waals surface area contributed by atoms with Gasteiger partial charge in [-0.1, -0.05) is 17.7 Å². The van der Waals surface area contributed by atoms with Crippen LogP contribution < -0.4 is 10.6 Å². The molecule has 0 amide bonds. The molecular weight excluding hydrogens is 386 g/mol. The number of nitrogens with one attached hydrogen (secondary N) is 2. The number of ether oxygens (including phenoxy) is 1. The predicted octanol–water partition coefficient (Wildman–Crippen LogP) is 4.67. The average Bonchev–Trinajstić information content (AvgIpc) is 2.71. The molecule has 0 fully saturated rings. The Balaban J connectivity index is 1.89. The molecule has 0 bridgehead atoms. The van der Waals surface area contributed by atoms with Gasteiger partial charge in [0.25, 0.3) is 0 Å². The van der Waals surface area contributed by atoms with E-state index in [9.17, 15) is 14.9 Å². The molecule has 2 aromatic carbocycles. The van der Waals surface area contributed by atoms with Crippen molar-refractivity contribution in [2.75, 3.05) is 17.2 Å². The summed E-state index contributed by atoms with van der Waals surface area (Å²) in [5, 5.41) is 17.7. The normalized spacial score (nSPS) is 10.4. The maximum absolute atomic E-state index is 11.8. The predicted molar refractivity (Wildman–Crippen MR) is 114 cm³/mol. The van der Waals surface area contributed by atoms with E-state index in [4.69, 9.17) is 4.74 Å². The minimum atomic E-state index is -0.541. The Hall–Kier alpha value is -4.01. The average molecular weight is 407 g/mol. The third-order valence-electron chi connectivity index (χ3n) is 4.30. The van der Waals surface area contributed by atoms with Crippen LogP contribution in [0, 0.1) is 24.0 Å². The second-order valence-electron chi connectivity index (χ2n) is 6.54. The molecule has 1 aromatic heterocycles. The Labute approximate surface area is 173 Å². The van der Waals surface area contributed by atoms with Gasteiger partial charge in [-0.2, -0.15) is 0 Å². The van der Waals surface area contributed by atoms with Gasteiger partial charge < -0.3 is 15.4 Å². The molecule has 0 aliphatic carbocycles. The van der Waals surface area contributed by atoms with Crippen LogP contribution in [0.5, 0.6) is 0 Å². The molecular formula is C21H21N5O4. The molecule has 0 aliphatic rings. The van der Waals surface area contributed by atoms with Crippen LogP contribution in [-0.2, 0) is 4.74 Å². The summed E-state index contributed by atoms with van der Waals surface area (Å²) in [6, 6.07) is 12.1. The summed E-state index contributed by atoms with van der Waals surface area (Å²) in [4.78, 5) is 31.1. The van der Waals surface area contributed by atoms with Crippen molar-refractivity contribution >= 4 is 34.7 Å². The summed E-state index contributed by atoms with van der Waals surface area (Å²) in [5.41, 5.74) is 3.37. The van der Waals surface area contributed by atoms with E-state index in [1.54, 1.807) is 31.2 Å². The van der Waals surface area contributed by atoms with Gasteiger partial charge in [-0.05, 0) is 56.7 Å². The van der Waals surface area contributed by atoms with Gasteiger partial charge in [0.2, 0.25) is 11.6 Å². The molecule has 0 aliphatic heterocycles. The molecule has 1 heterocycles. The number of carbonyl (C=O) groups is 1. The summed E-state index contributed by atoms with van der Waals surface area (Å²) in [6.07, 6.45) is 1.24. The summed E-state index contributed by atoms with van der Waals surface area (Å²) in [5.74, 6) is -0.323. The Morgan fingerprint density at radius 3 is 2.33 bits per heavy atom. The van der Waals surface area contributed by atoms with Gasteiger partial charge in [0.1, 0.15) is 6.33 Å². The number of nitro groups is 1. The van der Waals surface area contributed by atoms with E-state index in [-0.39, 0.29) is 23.9 Å². The zero-order valence-corrected chi connectivity index (χ0v) is 16.8. The second kappa shape index (κ2) is 8.99. The molecule has 0 unspecified atom stereocenters. The second-order valence-corrected chi connectivity index (χ2v) is 6.54. The van der Waals surface area contributed by atoms with Crippen LogP contribution in [0.2, 0.25) is 0 Å². The molecule has 30 heavy (non-hydrogen) atoms. The van der Waals surface area contributed by atoms with Gasteiger partial charge in [0.15, 0.2) is 0 Å². The number of anilines is 4. The number of hydrogen-bond acceptors (Lipinski definition) is 8. The van der Waals surface area contributed by atoms with E-state index in [1.165, 1.54) is 6.33 Å². The van der Waals surface area contributed by atoms with Crippen LogP contribution in [-0.4, -0.2) is 27.5 Å². The molecule has 3 rings (SSSR count). The summed E-state index contributed by atoms with van der Waals surface area (Å²) >= 11 is 0. The molecule has 154 valence electrons. The molecule has 9 nitrogen and oxygen atoms in total. The van der Waals surface area contributed by atoms with Crippen LogP contribution >= 0.6 is 0 Å². The van der Waals surface area contributed by atoms with Gasteiger partial charge in [-0.3, -0.25) is 10.1 Å². The maximum Gasteiger partial charge on any atom is 0.353 e. The summed E-state index contributed by atoms with van der Waals surface area (Å²) in [7, 11) is 0. The minimum absolute atomic E-state index is 0.0335. The molecule has 0 atom stereocenters. The SMILES string of the molecule is CCOC(=O)c1ccc(Nc2ncnc(Nc3ccc(C)cc3C)c2[N+](=O)[O-])cc1. The quantitative estimate of drug-likeness (QED) is 0.329. The Morgan fingerprint density at radius 1 is 1.07 bits per heavy atom. The van der Waals surface area contributed by atoms with E-state index >= 15 is 0 Å². The molecule has 2 N–H and O–H groups in total. The van der Waals surface area contributed by atoms with Crippen LogP contribution in [0.25, 0.3) is 0 Å². The van der Waals surface area contributed by atoms with E-state index < -0.39 is 10.9 Å². The van der Waals surface area contributed by atoms with Crippen molar-refractivity contribution in [2.45, 2.75) is 20.8 Å². The highest BCUT2D eigenvalue weighted by atomic mass is 16.6. The van der Waals surface area contributed by atoms with E-state index in [1.807, 2.05) is 32.0 Å². The fraction of sp³-hybridized carbons (Fsp3) is 0.190. The fourth-order valence-corrected chi connectivity index (χ4v) is 2.86. The lowest BCUT2D eigenvalue weighted by atomic mass is 10.1. The third kappa shape index (κ3) is 4.69. The highest BCUT2D eigenvalue weighted by Gasteiger charge is 2.23. The van der Waals surface area contributed by atoms with Crippen molar-refractivity contribution < 1.29 is 14.5 Å². The Morgan fingerprint density at radius 2 is 1.73 bits per heavy atom. The lowest BCUT2D eigenvalue weighted by Crippen LogP contribution is -2.07. The van der Waals surface area contributed by atoms with Crippen molar-refractivity contribution in [3.05, 3.63) is 75.6 Å². The van der Waals surface area contributed by atoms with Gasteiger partial charge in [-0.25, -0.2) is 14.8 Å². The van der Waals surface area contributed by atoms with Crippen molar-refractivity contribution in [3.8, 4) is 0 Å². The van der Waals surface area contributed by atoms with Crippen molar-refractivity contribution in [1.29, 1.82) is 0 Å². The number of aryl methyl sites for hydroxylation is 2. The van der Waals surface area contributed by atoms with Crippen LogP contribution in [0.15, 0.2) is 48.8 Å². The van der Waals surface area contributed by atoms with Gasteiger partial charge in [0.05, 0.1) is 17.1 Å². The van der Waals surface area contributed by atoms with E-state index in [0.29, 0.717) is 16.9 Å². The van der Waals surface area contributed by atoms with Crippen LogP contribution in [0.4, 0.5) is 28.7 Å². The smallest absolute Gasteiger partial charge is 0.353 e. The van der Waals surface area contributed by atoms with E-state index in [2.05, 4.69) is 20.6 Å². The van der Waals surface area contributed by atoms with Crippen molar-refractivity contribution in [1.82, 2.24) is 9.97 Å². The number of aromatic nitrogens is 2. The molecule has 9 heteroatoms. The Bertz CT molecular complexity index is 1080. The van der Waals surface area contributed by atoms with Gasteiger partial charge >= 0.3 is 11.7 Å². The van der Waals surface area contributed by atoms with Crippen LogP contribution in [0.3, 0.4) is 0 Å². The first-order valence-corrected chi connectivity index (χ1v) is 9.27. The number of hydrogen-bond donors (Lipinski definition) is 2. The van der Waals surface area contributed by atoms with Gasteiger partial charge in [-0.15, -0.1) is 0 Å². The van der Waals surface area contributed by atoms with Crippen molar-refractivity contribution in [3.63, 3.8) is 0 Å². The first kappa shape index (κ1) is 20.7. The van der Waals surface area contributed by atoms with Gasteiger partial charge in [0, 0.05) is 11.4 Å². The number of benzene rings is 2. The highest BCUT2D eigenvalue weighted by molar-refractivity contribution is 5.90. The molecule has 3 aromatic rings. The standard InChI is InChI=1S/C21H21N5O4/c1-4-30-21(27)15-6-8-16(9-7-15)24-19-18(26(28)29)20(23-12-22-19)25-17-10-5-13(2)11-14(17)3/h5-12H,4H2,1-3H3,(H2,22,23,24,25). The molecule has 0 radical (unpaired) electrons. The topological polar surface area (TPSA) is 119 Å². The highest BCUT2D eigenvalue weighted by Crippen LogP contribution is 2.33. The number of nitrogens with zero attached hydrogens (tertiary/aromatic N) is 3. The lowest BCUT2D eigenvalue weighted by molar-refractivity contribution is -0.383. The zero-order chi connectivity index (χ0) is 21.7. The Kier molecular flexibility index (Phi) is 6.21. The molecule has 0 saturated carbocycles. The summed E-state index contributed by atoms with van der Waals surface area (Å²) in [6.45, 7) is 5.89. The first-order chi connectivity index (χ1) is 14.4. The largest absolute Gasteiger partial charge is 0.462 e. The van der Waals surface area contributed by atoms with Crippen LogP contribution in [0.1, 0.15) is 28.4 Å². The number of carbonyl (C=O) groups excluding carboxylic acids is 1. The number of esters is 1. The lowest BCUT2D eigenvalue weighted by Gasteiger charge is -2.12. The minimum Gasteiger partial charge on any atom is -0.462 e. The van der Waals surface area contributed by atoms with Crippen molar-refractivity contribution in [2.24, 2.45) is 0 Å². The molecule has 0 saturated heterocycles. The zero-order valence-electron chi connectivity index (χ0n) is 16.8. The third-order valence-corrected chi connectivity index (χ3v) is 4.30. The monoisotopic (exact) mass is 407 g/mol. The molecule has 0 spiro atoms. The number of rotatable bonds is 7.